The smallest absolute Gasteiger partial charge is 0.253 e. The van der Waals surface area contributed by atoms with E-state index >= 15 is 0 Å². The average Bonchev–Trinajstić information content (AvgIpc) is 2.53. The van der Waals surface area contributed by atoms with Crippen LogP contribution in [0.4, 0.5) is 0 Å². The van der Waals surface area contributed by atoms with E-state index in [0.29, 0.717) is 27.8 Å². The van der Waals surface area contributed by atoms with Crippen molar-refractivity contribution < 1.29 is 4.79 Å². The lowest BCUT2D eigenvalue weighted by atomic mass is 9.91. The molecule has 0 saturated heterocycles. The number of aromatic nitrogens is 1. The molecule has 0 unspecified atom stereocenters. The van der Waals surface area contributed by atoms with Gasteiger partial charge in [-0.2, -0.15) is 0 Å². The summed E-state index contributed by atoms with van der Waals surface area (Å²) in [5.74, 6) is 1.28. The normalized spacial score (nSPS) is 15.3. The second-order valence-electron chi connectivity index (χ2n) is 6.32. The number of hydrogen-bond donors (Lipinski definition) is 1. The van der Waals surface area contributed by atoms with E-state index in [0.717, 1.165) is 18.2 Å². The van der Waals surface area contributed by atoms with E-state index in [1.165, 1.54) is 38.0 Å². The quantitative estimate of drug-likeness (QED) is 0.628. The molecule has 2 aromatic rings. The van der Waals surface area contributed by atoms with Gasteiger partial charge < -0.3 is 5.32 Å². The molecule has 1 aliphatic rings. The number of fused-ring (bicyclic) bond motifs is 1. The minimum absolute atomic E-state index is 0. The van der Waals surface area contributed by atoms with Crippen LogP contribution in [0.25, 0.3) is 10.9 Å². The highest BCUT2D eigenvalue weighted by Gasteiger charge is 2.18. The second kappa shape index (κ2) is 10.7. The summed E-state index contributed by atoms with van der Waals surface area (Å²) < 4.78 is 0. The number of nitrogens with zero attached hydrogens (tertiary/aromatic N) is 1. The Labute approximate surface area is 167 Å². The second-order valence-corrected chi connectivity index (χ2v) is 7.12. The van der Waals surface area contributed by atoms with Crippen molar-refractivity contribution in [2.45, 2.75) is 44.9 Å². The van der Waals surface area contributed by atoms with Crippen molar-refractivity contribution in [3.63, 3.8) is 0 Å². The van der Waals surface area contributed by atoms with Gasteiger partial charge in [-0.25, -0.2) is 4.98 Å². The molecule has 1 saturated carbocycles. The topological polar surface area (TPSA) is 42.0 Å². The fourth-order valence-corrected chi connectivity index (χ4v) is 3.66. The summed E-state index contributed by atoms with van der Waals surface area (Å²) in [6, 6.07) is 6.96. The Balaban J connectivity index is 0.00000169. The lowest BCUT2D eigenvalue weighted by molar-refractivity contribution is 0.0956. The number of hydrogen-bond acceptors (Lipinski definition) is 2. The third kappa shape index (κ3) is 5.59. The first-order valence-corrected chi connectivity index (χ1v) is 9.27. The van der Waals surface area contributed by atoms with Crippen LogP contribution in [-0.4, -0.2) is 17.4 Å². The molecule has 1 fully saturated rings. The maximum Gasteiger partial charge on any atom is 0.253 e. The van der Waals surface area contributed by atoms with Crippen molar-refractivity contribution in [1.82, 2.24) is 10.3 Å². The molecule has 3 rings (SSSR count). The van der Waals surface area contributed by atoms with Crippen LogP contribution in [0, 0.1) is 20.8 Å². The van der Waals surface area contributed by atoms with E-state index in [4.69, 9.17) is 23.2 Å². The van der Waals surface area contributed by atoms with Crippen LogP contribution in [0.15, 0.2) is 24.3 Å². The Bertz CT molecular complexity index is 725. The van der Waals surface area contributed by atoms with Crippen molar-refractivity contribution >= 4 is 40.0 Å². The first-order valence-electron chi connectivity index (χ1n) is 8.51. The highest BCUT2D eigenvalue weighted by Crippen LogP contribution is 2.27. The van der Waals surface area contributed by atoms with Crippen LogP contribution in [-0.2, 0) is 0 Å². The van der Waals surface area contributed by atoms with Crippen LogP contribution in [0.1, 0.15) is 55.3 Å². The predicted molar refractivity (Wildman–Crippen MR) is 110 cm³/mol. The van der Waals surface area contributed by atoms with E-state index in [1.54, 1.807) is 24.3 Å². The molecule has 0 bridgehead atoms. The molecule has 139 valence electrons. The molecular weight excluding hydrogens is 367 g/mol. The third-order valence-electron chi connectivity index (χ3n) is 4.57. The number of benzene rings is 1. The highest BCUT2D eigenvalue weighted by atomic mass is 35.5. The molecule has 1 aliphatic carbocycles. The predicted octanol–water partition coefficient (Wildman–Crippen LogP) is 6.24. The van der Waals surface area contributed by atoms with Crippen LogP contribution < -0.4 is 5.32 Å². The van der Waals surface area contributed by atoms with Gasteiger partial charge in [0.2, 0.25) is 0 Å². The number of amides is 1. The standard InChI is InChI=1S/C19H21Cl2N2O.2CH2/c20-15-9-10-16-14(8-11-17(21)23-16)18(15)19(24)22-12-13-6-4-2-1-3-5-7-13;;/h8-11H,1-7,12H2,(H,22,24);2*1H2. The Hall–Kier alpha value is -1.32. The zero-order valence-corrected chi connectivity index (χ0v) is 16.5. The van der Waals surface area contributed by atoms with Crippen LogP contribution in [0.3, 0.4) is 0 Å². The van der Waals surface area contributed by atoms with Gasteiger partial charge in [0.05, 0.1) is 16.1 Å². The molecule has 1 aromatic heterocycles. The van der Waals surface area contributed by atoms with Gasteiger partial charge in [-0.15, -0.1) is 0 Å². The summed E-state index contributed by atoms with van der Waals surface area (Å²) in [6.07, 6.45) is 8.59. The van der Waals surface area contributed by atoms with Gasteiger partial charge >= 0.3 is 0 Å². The number of rotatable bonds is 3. The Kier molecular flexibility index (Phi) is 9.38. The van der Waals surface area contributed by atoms with E-state index in [1.807, 2.05) is 0 Å². The number of pyridine rings is 1. The summed E-state index contributed by atoms with van der Waals surface area (Å²) >= 11 is 12.2. The third-order valence-corrected chi connectivity index (χ3v) is 5.10. The molecule has 0 spiro atoms. The molecule has 26 heavy (non-hydrogen) atoms. The first-order chi connectivity index (χ1) is 11.6. The van der Waals surface area contributed by atoms with Gasteiger partial charge in [0, 0.05) is 11.9 Å². The van der Waals surface area contributed by atoms with Crippen molar-refractivity contribution in [1.29, 1.82) is 0 Å². The molecule has 1 aromatic carbocycles. The van der Waals surface area contributed by atoms with Gasteiger partial charge in [0.15, 0.2) is 0 Å². The van der Waals surface area contributed by atoms with E-state index in [2.05, 4.69) is 10.3 Å². The molecule has 1 amide bonds. The number of halogens is 2. The van der Waals surface area contributed by atoms with Crippen LogP contribution in [0.2, 0.25) is 10.2 Å². The summed E-state index contributed by atoms with van der Waals surface area (Å²) in [7, 11) is 0. The Morgan fingerprint density at radius 2 is 1.62 bits per heavy atom. The van der Waals surface area contributed by atoms with Gasteiger partial charge in [-0.05, 0) is 43.0 Å². The number of carbonyl (C=O) groups is 1. The molecule has 0 atom stereocenters. The summed E-state index contributed by atoms with van der Waals surface area (Å²) in [6.45, 7) is 0.632. The van der Waals surface area contributed by atoms with Crippen molar-refractivity contribution in [3.8, 4) is 0 Å². The van der Waals surface area contributed by atoms with Gasteiger partial charge in [-0.1, -0.05) is 70.2 Å². The summed E-state index contributed by atoms with van der Waals surface area (Å²) in [5, 5.41) is 4.61. The van der Waals surface area contributed by atoms with Crippen molar-refractivity contribution in [3.05, 3.63) is 60.8 Å². The first kappa shape index (κ1) is 22.7. The molecule has 0 aliphatic heterocycles. The maximum atomic E-state index is 12.7. The molecule has 1 N–H and O–H groups in total. The van der Waals surface area contributed by atoms with Crippen LogP contribution in [0.5, 0.6) is 0 Å². The SMILES string of the molecule is O=C(NC[C]1CCCCCCC1)c1c(Cl)ccc2nc(Cl)ccc12.[CH2].[CH2]. The Morgan fingerprint density at radius 1 is 0.962 bits per heavy atom. The Morgan fingerprint density at radius 3 is 2.31 bits per heavy atom. The zero-order valence-electron chi connectivity index (χ0n) is 15.0. The van der Waals surface area contributed by atoms with Gasteiger partial charge in [0.25, 0.3) is 5.91 Å². The molecule has 3 nitrogen and oxygen atoms in total. The minimum atomic E-state index is -0.149. The summed E-state index contributed by atoms with van der Waals surface area (Å²) in [4.78, 5) is 16.9. The maximum absolute atomic E-state index is 12.7. The van der Waals surface area contributed by atoms with Crippen molar-refractivity contribution in [2.24, 2.45) is 0 Å². The fourth-order valence-electron chi connectivity index (χ4n) is 3.26. The number of nitrogens with one attached hydrogen (secondary N) is 1. The largest absolute Gasteiger partial charge is 0.351 e. The lowest BCUT2D eigenvalue weighted by Crippen LogP contribution is -2.29. The molecule has 5 radical (unpaired) electrons. The van der Waals surface area contributed by atoms with Gasteiger partial charge in [-0.3, -0.25) is 4.79 Å². The van der Waals surface area contributed by atoms with Gasteiger partial charge in [0.1, 0.15) is 5.15 Å². The van der Waals surface area contributed by atoms with Crippen molar-refractivity contribution in [2.75, 3.05) is 6.54 Å². The fraction of sp³-hybridized carbons (Fsp3) is 0.381. The van der Waals surface area contributed by atoms with E-state index < -0.39 is 0 Å². The lowest BCUT2D eigenvalue weighted by Gasteiger charge is -2.20. The number of carbonyl (C=O) groups excluding carboxylic acids is 1. The molecular formula is C21H25Cl2N2O. The van der Waals surface area contributed by atoms with Crippen LogP contribution >= 0.6 is 23.2 Å². The zero-order chi connectivity index (χ0) is 16.9. The summed E-state index contributed by atoms with van der Waals surface area (Å²) in [5.41, 5.74) is 1.15. The monoisotopic (exact) mass is 391 g/mol. The highest BCUT2D eigenvalue weighted by molar-refractivity contribution is 6.36. The molecule has 1 heterocycles. The van der Waals surface area contributed by atoms with E-state index in [9.17, 15) is 4.79 Å². The average molecular weight is 392 g/mol. The van der Waals surface area contributed by atoms with E-state index in [-0.39, 0.29) is 20.8 Å². The molecule has 5 heteroatoms. The minimum Gasteiger partial charge on any atom is -0.351 e.